The van der Waals surface area contributed by atoms with E-state index in [1.807, 2.05) is 13.8 Å². The zero-order chi connectivity index (χ0) is 18.6. The van der Waals surface area contributed by atoms with Gasteiger partial charge in [0.1, 0.15) is 10.6 Å². The van der Waals surface area contributed by atoms with E-state index in [0.29, 0.717) is 18.8 Å². The Morgan fingerprint density at radius 2 is 1.88 bits per heavy atom. The van der Waals surface area contributed by atoms with E-state index in [1.54, 1.807) is 12.1 Å². The number of nitrogens with two attached hydrogens (primary N) is 1. The summed E-state index contributed by atoms with van der Waals surface area (Å²) in [5, 5.41) is 2.69. The van der Waals surface area contributed by atoms with Gasteiger partial charge in [-0.25, -0.2) is 8.42 Å². The third kappa shape index (κ3) is 4.50. The van der Waals surface area contributed by atoms with Crippen LogP contribution in [-0.4, -0.2) is 44.9 Å². The quantitative estimate of drug-likeness (QED) is 0.796. The van der Waals surface area contributed by atoms with Gasteiger partial charge >= 0.3 is 0 Å². The molecule has 0 saturated carbocycles. The number of anilines is 1. The molecule has 3 N–H and O–H groups in total. The molecule has 8 heteroatoms. The van der Waals surface area contributed by atoms with Gasteiger partial charge in [0.2, 0.25) is 15.9 Å². The van der Waals surface area contributed by atoms with Crippen molar-refractivity contribution in [2.45, 2.75) is 44.0 Å². The number of hydrogen-bond acceptors (Lipinski definition) is 5. The fraction of sp³-hybridized carbons (Fsp3) is 0.588. The van der Waals surface area contributed by atoms with Crippen molar-refractivity contribution in [1.82, 2.24) is 4.31 Å². The molecule has 7 nitrogen and oxygen atoms in total. The Morgan fingerprint density at radius 3 is 2.44 bits per heavy atom. The van der Waals surface area contributed by atoms with Crippen LogP contribution in [0.1, 0.15) is 33.1 Å². The van der Waals surface area contributed by atoms with Crippen molar-refractivity contribution < 1.29 is 17.9 Å². The first-order valence-electron chi connectivity index (χ1n) is 8.52. The number of hydrogen-bond donors (Lipinski definition) is 2. The molecule has 0 bridgehead atoms. The van der Waals surface area contributed by atoms with E-state index in [4.69, 9.17) is 10.5 Å². The Balaban J connectivity index is 2.32. The lowest BCUT2D eigenvalue weighted by molar-refractivity contribution is -0.118. The second kappa shape index (κ2) is 8.16. The summed E-state index contributed by atoms with van der Waals surface area (Å²) in [7, 11) is -2.25. The molecule has 1 aliphatic heterocycles. The van der Waals surface area contributed by atoms with Gasteiger partial charge in [-0.05, 0) is 37.0 Å². The van der Waals surface area contributed by atoms with Gasteiger partial charge in [0.15, 0.2) is 0 Å². The molecule has 1 heterocycles. The van der Waals surface area contributed by atoms with E-state index in [2.05, 4.69) is 5.32 Å². The van der Waals surface area contributed by atoms with E-state index < -0.39 is 16.1 Å². The number of rotatable bonds is 6. The minimum absolute atomic E-state index is 0.0187. The molecule has 1 aliphatic rings. The van der Waals surface area contributed by atoms with Gasteiger partial charge in [-0.1, -0.05) is 20.3 Å². The number of carbonyl (C=O) groups excluding carboxylic acids is 1. The smallest absolute Gasteiger partial charge is 0.246 e. The maximum atomic E-state index is 13.0. The number of piperidine rings is 1. The molecule has 1 aromatic carbocycles. The number of benzene rings is 1. The lowest BCUT2D eigenvalue weighted by Crippen LogP contribution is -2.39. The molecule has 0 unspecified atom stereocenters. The molecule has 1 atom stereocenters. The minimum Gasteiger partial charge on any atom is -0.495 e. The summed E-state index contributed by atoms with van der Waals surface area (Å²) >= 11 is 0. The van der Waals surface area contributed by atoms with Crippen molar-refractivity contribution in [2.75, 3.05) is 25.5 Å². The Bertz CT molecular complexity index is 713. The number of amides is 1. The number of ether oxygens (including phenoxy) is 1. The molecular weight excluding hydrogens is 342 g/mol. The molecule has 1 aromatic rings. The average Bonchev–Trinajstić information content (AvgIpc) is 2.61. The third-order valence-corrected chi connectivity index (χ3v) is 6.30. The van der Waals surface area contributed by atoms with Gasteiger partial charge < -0.3 is 15.8 Å². The molecule has 25 heavy (non-hydrogen) atoms. The predicted molar refractivity (Wildman–Crippen MR) is 97.0 cm³/mol. The first-order chi connectivity index (χ1) is 11.8. The normalized spacial score (nSPS) is 17.3. The van der Waals surface area contributed by atoms with Crippen LogP contribution >= 0.6 is 0 Å². The van der Waals surface area contributed by atoms with Crippen molar-refractivity contribution in [1.29, 1.82) is 0 Å². The largest absolute Gasteiger partial charge is 0.495 e. The molecule has 0 aromatic heterocycles. The minimum atomic E-state index is -3.67. The topological polar surface area (TPSA) is 102 Å². The Hall–Kier alpha value is -1.64. The Kier molecular flexibility index (Phi) is 6.42. The Labute approximate surface area is 149 Å². The molecule has 1 saturated heterocycles. The molecule has 0 radical (unpaired) electrons. The molecule has 2 rings (SSSR count). The highest BCUT2D eigenvalue weighted by Gasteiger charge is 2.29. The van der Waals surface area contributed by atoms with E-state index in [1.165, 1.54) is 17.5 Å². The number of methoxy groups -OCH3 is 1. The van der Waals surface area contributed by atoms with Crippen LogP contribution in [-0.2, 0) is 14.8 Å². The molecule has 0 spiro atoms. The highest BCUT2D eigenvalue weighted by atomic mass is 32.2. The van der Waals surface area contributed by atoms with Crippen LogP contribution in [0.4, 0.5) is 5.69 Å². The van der Waals surface area contributed by atoms with E-state index in [0.717, 1.165) is 19.3 Å². The van der Waals surface area contributed by atoms with Crippen molar-refractivity contribution in [3.63, 3.8) is 0 Å². The van der Waals surface area contributed by atoms with Crippen molar-refractivity contribution in [3.05, 3.63) is 18.2 Å². The van der Waals surface area contributed by atoms with Gasteiger partial charge in [0, 0.05) is 18.8 Å². The van der Waals surface area contributed by atoms with E-state index >= 15 is 0 Å². The molecular formula is C17H27N3O4S. The fourth-order valence-corrected chi connectivity index (χ4v) is 4.43. The number of sulfonamides is 1. The summed E-state index contributed by atoms with van der Waals surface area (Å²) in [6.07, 6.45) is 2.73. The van der Waals surface area contributed by atoms with Crippen LogP contribution in [0.15, 0.2) is 23.1 Å². The lowest BCUT2D eigenvalue weighted by atomic mass is 10.0. The van der Waals surface area contributed by atoms with Crippen LogP contribution in [0.2, 0.25) is 0 Å². The molecule has 1 amide bonds. The highest BCUT2D eigenvalue weighted by molar-refractivity contribution is 7.89. The second-order valence-electron chi connectivity index (χ2n) is 6.59. The fourth-order valence-electron chi connectivity index (χ4n) is 2.73. The Morgan fingerprint density at radius 1 is 1.24 bits per heavy atom. The molecule has 1 fully saturated rings. The van der Waals surface area contributed by atoms with Gasteiger partial charge in [-0.15, -0.1) is 0 Å². The highest BCUT2D eigenvalue weighted by Crippen LogP contribution is 2.31. The van der Waals surface area contributed by atoms with E-state index in [9.17, 15) is 13.2 Å². The van der Waals surface area contributed by atoms with Gasteiger partial charge in [0.05, 0.1) is 13.2 Å². The zero-order valence-electron chi connectivity index (χ0n) is 15.0. The van der Waals surface area contributed by atoms with Crippen molar-refractivity contribution >= 4 is 21.6 Å². The standard InChI is InChI=1S/C17H27N3O4S/c1-12(2)16(18)17(21)19-13-7-8-14(24-3)15(11-13)25(22,23)20-9-5-4-6-10-20/h7-8,11-12,16H,4-6,9-10,18H2,1-3H3,(H,19,21)/t16-/m0/s1. The monoisotopic (exact) mass is 369 g/mol. The summed E-state index contributed by atoms with van der Waals surface area (Å²) in [6, 6.07) is 3.93. The maximum Gasteiger partial charge on any atom is 0.246 e. The molecule has 140 valence electrons. The van der Waals surface area contributed by atoms with Crippen LogP contribution < -0.4 is 15.8 Å². The average molecular weight is 369 g/mol. The summed E-state index contributed by atoms with van der Waals surface area (Å²) in [5.74, 6) is -0.104. The van der Waals surface area contributed by atoms with Gasteiger partial charge in [0.25, 0.3) is 0 Å². The van der Waals surface area contributed by atoms with E-state index in [-0.39, 0.29) is 22.5 Å². The van der Waals surface area contributed by atoms with Crippen LogP contribution in [0.25, 0.3) is 0 Å². The van der Waals surface area contributed by atoms with Gasteiger partial charge in [-0.3, -0.25) is 4.79 Å². The van der Waals surface area contributed by atoms with Crippen LogP contribution in [0.5, 0.6) is 5.75 Å². The third-order valence-electron chi connectivity index (χ3n) is 4.39. The predicted octanol–water partition coefficient (Wildman–Crippen LogP) is 1.79. The SMILES string of the molecule is COc1ccc(NC(=O)[C@@H](N)C(C)C)cc1S(=O)(=O)N1CCCCC1. The molecule has 0 aliphatic carbocycles. The summed E-state index contributed by atoms with van der Waals surface area (Å²) in [4.78, 5) is 12.2. The van der Waals surface area contributed by atoms with Crippen LogP contribution in [0.3, 0.4) is 0 Å². The summed E-state index contributed by atoms with van der Waals surface area (Å²) < 4.78 is 32.6. The van der Waals surface area contributed by atoms with Crippen molar-refractivity contribution in [2.24, 2.45) is 11.7 Å². The second-order valence-corrected chi connectivity index (χ2v) is 8.50. The number of carbonyl (C=O) groups is 1. The van der Waals surface area contributed by atoms with Crippen LogP contribution in [0, 0.1) is 5.92 Å². The zero-order valence-corrected chi connectivity index (χ0v) is 15.8. The summed E-state index contributed by atoms with van der Waals surface area (Å²) in [6.45, 7) is 4.70. The maximum absolute atomic E-state index is 13.0. The lowest BCUT2D eigenvalue weighted by Gasteiger charge is -2.26. The first kappa shape index (κ1) is 19.7. The van der Waals surface area contributed by atoms with Gasteiger partial charge in [-0.2, -0.15) is 4.31 Å². The van der Waals surface area contributed by atoms with Crippen molar-refractivity contribution in [3.8, 4) is 5.75 Å². The first-order valence-corrected chi connectivity index (χ1v) is 9.96. The number of nitrogens with zero attached hydrogens (tertiary/aromatic N) is 1. The summed E-state index contributed by atoms with van der Waals surface area (Å²) in [5.41, 5.74) is 6.23. The number of nitrogens with one attached hydrogen (secondary N) is 1.